The van der Waals surface area contributed by atoms with Gasteiger partial charge in [-0.3, -0.25) is 9.59 Å². The summed E-state index contributed by atoms with van der Waals surface area (Å²) in [4.78, 5) is 22.1. The van der Waals surface area contributed by atoms with Crippen molar-refractivity contribution in [3.8, 4) is 12.1 Å². The van der Waals surface area contributed by atoms with E-state index in [-0.39, 0.29) is 26.1 Å². The number of esters is 2. The van der Waals surface area contributed by atoms with Gasteiger partial charge in [0.25, 0.3) is 0 Å². The molecule has 0 heterocycles. The van der Waals surface area contributed by atoms with Crippen molar-refractivity contribution >= 4 is 11.9 Å². The van der Waals surface area contributed by atoms with Gasteiger partial charge in [-0.2, -0.15) is 10.5 Å². The standard InChI is InChI=1S/C14H12N2O4/c15-6-4-13(17)19-9-11-2-1-3-12(8-11)10-20-14(18)5-7-16/h1-3,8H,4-5,9-10H2. The fourth-order valence-corrected chi connectivity index (χ4v) is 1.37. The third-order valence-corrected chi connectivity index (χ3v) is 2.24. The number of nitrogens with zero attached hydrogens (tertiary/aromatic N) is 2. The highest BCUT2D eigenvalue weighted by Crippen LogP contribution is 2.09. The first-order chi connectivity index (χ1) is 9.65. The van der Waals surface area contributed by atoms with Gasteiger partial charge >= 0.3 is 11.9 Å². The van der Waals surface area contributed by atoms with E-state index in [9.17, 15) is 9.59 Å². The first kappa shape index (κ1) is 15.2. The van der Waals surface area contributed by atoms with Crippen molar-refractivity contribution < 1.29 is 19.1 Å². The Kier molecular flexibility index (Phi) is 6.29. The van der Waals surface area contributed by atoms with Crippen LogP contribution in [0.3, 0.4) is 0 Å². The Morgan fingerprint density at radius 1 is 0.950 bits per heavy atom. The predicted octanol–water partition coefficient (Wildman–Crippen LogP) is 1.60. The SMILES string of the molecule is N#CCC(=O)OCc1cccc(COC(=O)CC#N)c1. The lowest BCUT2D eigenvalue weighted by Gasteiger charge is -2.06. The third kappa shape index (κ3) is 5.65. The summed E-state index contributed by atoms with van der Waals surface area (Å²) in [5.74, 6) is -1.17. The summed E-state index contributed by atoms with van der Waals surface area (Å²) in [7, 11) is 0. The number of carbonyl (C=O) groups is 2. The third-order valence-electron chi connectivity index (χ3n) is 2.24. The Balaban J connectivity index is 2.50. The van der Waals surface area contributed by atoms with Gasteiger partial charge in [0.15, 0.2) is 0 Å². The summed E-state index contributed by atoms with van der Waals surface area (Å²) >= 11 is 0. The second-order valence-electron chi connectivity index (χ2n) is 3.81. The normalized spacial score (nSPS) is 9.10. The molecule has 0 aliphatic heterocycles. The van der Waals surface area contributed by atoms with Gasteiger partial charge in [-0.25, -0.2) is 0 Å². The van der Waals surface area contributed by atoms with Crippen LogP contribution < -0.4 is 0 Å². The monoisotopic (exact) mass is 272 g/mol. The zero-order valence-corrected chi connectivity index (χ0v) is 10.7. The summed E-state index contributed by atoms with van der Waals surface area (Å²) < 4.78 is 9.75. The number of rotatable bonds is 6. The Labute approximate surface area is 116 Å². The van der Waals surface area contributed by atoms with E-state index in [2.05, 4.69) is 0 Å². The topological polar surface area (TPSA) is 100 Å². The molecule has 0 unspecified atom stereocenters. The molecule has 102 valence electrons. The van der Waals surface area contributed by atoms with Gasteiger partial charge in [-0.15, -0.1) is 0 Å². The number of hydrogen-bond donors (Lipinski definition) is 0. The molecular formula is C14H12N2O4. The fourth-order valence-electron chi connectivity index (χ4n) is 1.37. The Hall–Kier alpha value is -2.86. The first-order valence-electron chi connectivity index (χ1n) is 5.78. The molecule has 0 fully saturated rings. The van der Waals surface area contributed by atoms with Crippen LogP contribution in [0.4, 0.5) is 0 Å². The molecule has 0 spiro atoms. The molecule has 0 N–H and O–H groups in total. The highest BCUT2D eigenvalue weighted by molar-refractivity contribution is 5.72. The lowest BCUT2D eigenvalue weighted by atomic mass is 10.1. The summed E-state index contributed by atoms with van der Waals surface area (Å²) in [5, 5.41) is 16.6. The van der Waals surface area contributed by atoms with Gasteiger partial charge in [0.1, 0.15) is 26.1 Å². The summed E-state index contributed by atoms with van der Waals surface area (Å²) in [6.45, 7) is 0.112. The van der Waals surface area contributed by atoms with Crippen LogP contribution in [-0.4, -0.2) is 11.9 Å². The first-order valence-corrected chi connectivity index (χ1v) is 5.78. The number of benzene rings is 1. The molecule has 20 heavy (non-hydrogen) atoms. The molecule has 6 heteroatoms. The molecule has 1 aromatic carbocycles. The van der Waals surface area contributed by atoms with Gasteiger partial charge in [-0.1, -0.05) is 18.2 Å². The largest absolute Gasteiger partial charge is 0.460 e. The van der Waals surface area contributed by atoms with Crippen LogP contribution in [0.25, 0.3) is 0 Å². The molecule has 0 amide bonds. The highest BCUT2D eigenvalue weighted by atomic mass is 16.5. The maximum atomic E-state index is 11.0. The fraction of sp³-hybridized carbons (Fsp3) is 0.286. The molecular weight excluding hydrogens is 260 g/mol. The molecule has 1 aromatic rings. The molecule has 0 saturated carbocycles. The number of ether oxygens (including phenoxy) is 2. The van der Waals surface area contributed by atoms with Gasteiger partial charge < -0.3 is 9.47 Å². The zero-order chi connectivity index (χ0) is 14.8. The predicted molar refractivity (Wildman–Crippen MR) is 66.5 cm³/mol. The molecule has 0 atom stereocenters. The second-order valence-corrected chi connectivity index (χ2v) is 3.81. The van der Waals surface area contributed by atoms with Crippen molar-refractivity contribution in [2.45, 2.75) is 26.1 Å². The number of nitriles is 2. The van der Waals surface area contributed by atoms with Crippen LogP contribution in [-0.2, 0) is 32.3 Å². The summed E-state index contributed by atoms with van der Waals surface area (Å²) in [6, 6.07) is 10.4. The molecule has 6 nitrogen and oxygen atoms in total. The zero-order valence-electron chi connectivity index (χ0n) is 10.7. The van der Waals surface area contributed by atoms with E-state index in [4.69, 9.17) is 20.0 Å². The van der Waals surface area contributed by atoms with E-state index in [1.807, 2.05) is 0 Å². The second kappa shape index (κ2) is 8.28. The molecule has 0 saturated heterocycles. The summed E-state index contributed by atoms with van der Waals surface area (Å²) in [6.07, 6.45) is -0.572. The van der Waals surface area contributed by atoms with E-state index in [0.717, 1.165) is 11.1 Å². The Morgan fingerprint density at radius 2 is 1.40 bits per heavy atom. The Morgan fingerprint density at radius 3 is 1.80 bits per heavy atom. The highest BCUT2D eigenvalue weighted by Gasteiger charge is 2.05. The van der Waals surface area contributed by atoms with Crippen LogP contribution in [0.2, 0.25) is 0 Å². The van der Waals surface area contributed by atoms with Gasteiger partial charge in [0.2, 0.25) is 0 Å². The minimum absolute atomic E-state index is 0.0560. The van der Waals surface area contributed by atoms with E-state index in [1.54, 1.807) is 36.4 Å². The van der Waals surface area contributed by atoms with E-state index in [1.165, 1.54) is 0 Å². The molecule has 0 aliphatic rings. The van der Waals surface area contributed by atoms with Crippen molar-refractivity contribution in [2.24, 2.45) is 0 Å². The van der Waals surface area contributed by atoms with Crippen molar-refractivity contribution in [1.82, 2.24) is 0 Å². The average molecular weight is 272 g/mol. The van der Waals surface area contributed by atoms with E-state index < -0.39 is 11.9 Å². The van der Waals surface area contributed by atoms with Crippen LogP contribution in [0, 0.1) is 22.7 Å². The van der Waals surface area contributed by atoms with E-state index >= 15 is 0 Å². The molecule has 0 aromatic heterocycles. The van der Waals surface area contributed by atoms with E-state index in [0.29, 0.717) is 0 Å². The van der Waals surface area contributed by atoms with Crippen LogP contribution in [0.5, 0.6) is 0 Å². The van der Waals surface area contributed by atoms with Crippen molar-refractivity contribution in [1.29, 1.82) is 10.5 Å². The van der Waals surface area contributed by atoms with Crippen molar-refractivity contribution in [2.75, 3.05) is 0 Å². The maximum absolute atomic E-state index is 11.0. The van der Waals surface area contributed by atoms with Crippen LogP contribution in [0.1, 0.15) is 24.0 Å². The number of carbonyl (C=O) groups excluding carboxylic acids is 2. The van der Waals surface area contributed by atoms with Crippen molar-refractivity contribution in [3.63, 3.8) is 0 Å². The molecule has 0 radical (unpaired) electrons. The van der Waals surface area contributed by atoms with Crippen LogP contribution in [0.15, 0.2) is 24.3 Å². The average Bonchev–Trinajstić information content (AvgIpc) is 2.44. The lowest BCUT2D eigenvalue weighted by Crippen LogP contribution is -2.05. The number of hydrogen-bond acceptors (Lipinski definition) is 6. The minimum atomic E-state index is -0.585. The summed E-state index contributed by atoms with van der Waals surface area (Å²) in [5.41, 5.74) is 1.45. The Bertz CT molecular complexity index is 522. The van der Waals surface area contributed by atoms with Crippen LogP contribution >= 0.6 is 0 Å². The lowest BCUT2D eigenvalue weighted by molar-refractivity contribution is -0.144. The smallest absolute Gasteiger partial charge is 0.320 e. The minimum Gasteiger partial charge on any atom is -0.460 e. The molecule has 1 rings (SSSR count). The quantitative estimate of drug-likeness (QED) is 0.729. The van der Waals surface area contributed by atoms with Gasteiger partial charge in [0, 0.05) is 0 Å². The van der Waals surface area contributed by atoms with Gasteiger partial charge in [-0.05, 0) is 17.2 Å². The molecule has 0 bridgehead atoms. The van der Waals surface area contributed by atoms with Crippen molar-refractivity contribution in [3.05, 3.63) is 35.4 Å². The molecule has 0 aliphatic carbocycles. The van der Waals surface area contributed by atoms with Gasteiger partial charge in [0.05, 0.1) is 12.1 Å². The maximum Gasteiger partial charge on any atom is 0.320 e.